The van der Waals surface area contributed by atoms with E-state index in [1.807, 2.05) is 58.9 Å². The van der Waals surface area contributed by atoms with E-state index in [1.165, 1.54) is 4.90 Å². The van der Waals surface area contributed by atoms with E-state index in [0.717, 1.165) is 21.0 Å². The Morgan fingerprint density at radius 2 is 1.54 bits per heavy atom. The van der Waals surface area contributed by atoms with Crippen LogP contribution in [-0.2, 0) is 26.2 Å². The third-order valence-electron chi connectivity index (χ3n) is 6.44. The number of hydrogen-bond donors (Lipinski definition) is 1. The topological polar surface area (TPSA) is 86.8 Å². The van der Waals surface area contributed by atoms with E-state index in [2.05, 4.69) is 5.32 Å². The quantitative estimate of drug-likeness (QED) is 0.341. The second kappa shape index (κ2) is 13.4. The van der Waals surface area contributed by atoms with Gasteiger partial charge >= 0.3 is 0 Å². The Bertz CT molecular complexity index is 1360. The van der Waals surface area contributed by atoms with Crippen molar-refractivity contribution in [3.8, 4) is 0 Å². The lowest BCUT2D eigenvalue weighted by molar-refractivity contribution is -0.140. The molecule has 39 heavy (non-hydrogen) atoms. The van der Waals surface area contributed by atoms with Gasteiger partial charge in [-0.25, -0.2) is 8.42 Å². The number of para-hydroxylation sites is 1. The normalized spacial score (nSPS) is 12.2. The molecule has 0 saturated carbocycles. The minimum Gasteiger partial charge on any atom is -0.354 e. The highest BCUT2D eigenvalue weighted by molar-refractivity contribution is 7.92. The van der Waals surface area contributed by atoms with Crippen LogP contribution in [0.25, 0.3) is 0 Å². The molecule has 7 nitrogen and oxygen atoms in total. The van der Waals surface area contributed by atoms with Crippen LogP contribution in [0.1, 0.15) is 43.9 Å². The number of nitrogens with one attached hydrogen (secondary N) is 1. The van der Waals surface area contributed by atoms with Crippen molar-refractivity contribution in [3.05, 3.63) is 95.6 Å². The Balaban J connectivity index is 2.02. The molecule has 208 valence electrons. The summed E-state index contributed by atoms with van der Waals surface area (Å²) < 4.78 is 28.8. The number of hydrogen-bond acceptors (Lipinski definition) is 4. The van der Waals surface area contributed by atoms with E-state index in [1.54, 1.807) is 54.6 Å². The zero-order valence-electron chi connectivity index (χ0n) is 23.4. The number of anilines is 1. The smallest absolute Gasteiger partial charge is 0.264 e. The zero-order valence-corrected chi connectivity index (χ0v) is 24.2. The minimum atomic E-state index is -4.07. The molecule has 0 unspecified atom stereocenters. The maximum Gasteiger partial charge on any atom is 0.264 e. The maximum atomic E-state index is 14.0. The molecule has 0 aliphatic heterocycles. The van der Waals surface area contributed by atoms with Crippen LogP contribution in [0.5, 0.6) is 0 Å². The number of sulfonamides is 1. The molecule has 0 spiro atoms. The number of carbonyl (C=O) groups excluding carboxylic acids is 2. The molecule has 0 bridgehead atoms. The third kappa shape index (κ3) is 7.93. The minimum absolute atomic E-state index is 0.0942. The van der Waals surface area contributed by atoms with Crippen LogP contribution in [0.15, 0.2) is 83.8 Å². The van der Waals surface area contributed by atoms with Gasteiger partial charge in [0.1, 0.15) is 12.6 Å². The van der Waals surface area contributed by atoms with E-state index in [4.69, 9.17) is 0 Å². The third-order valence-corrected chi connectivity index (χ3v) is 8.23. The van der Waals surface area contributed by atoms with Crippen molar-refractivity contribution >= 4 is 27.5 Å². The Labute approximate surface area is 232 Å². The van der Waals surface area contributed by atoms with E-state index in [0.29, 0.717) is 18.7 Å². The van der Waals surface area contributed by atoms with Crippen molar-refractivity contribution in [2.24, 2.45) is 5.92 Å². The van der Waals surface area contributed by atoms with Crippen LogP contribution >= 0.6 is 0 Å². The first-order valence-corrected chi connectivity index (χ1v) is 14.7. The fourth-order valence-electron chi connectivity index (χ4n) is 4.31. The fourth-order valence-corrected chi connectivity index (χ4v) is 5.72. The summed E-state index contributed by atoms with van der Waals surface area (Å²) in [6.07, 6.45) is 0.386. The molecular formula is C31H39N3O4S. The summed E-state index contributed by atoms with van der Waals surface area (Å²) >= 11 is 0. The number of benzene rings is 3. The molecule has 3 aromatic rings. The van der Waals surface area contributed by atoms with Gasteiger partial charge in [0.2, 0.25) is 11.8 Å². The number of amides is 2. The Morgan fingerprint density at radius 3 is 2.13 bits per heavy atom. The molecule has 0 fully saturated rings. The van der Waals surface area contributed by atoms with E-state index < -0.39 is 28.5 Å². The summed E-state index contributed by atoms with van der Waals surface area (Å²) in [6, 6.07) is 22.1. The number of rotatable bonds is 12. The number of aryl methyl sites for hydroxylation is 2. The molecular weight excluding hydrogens is 510 g/mol. The predicted octanol–water partition coefficient (Wildman–Crippen LogP) is 5.08. The van der Waals surface area contributed by atoms with Crippen molar-refractivity contribution in [2.45, 2.75) is 58.5 Å². The first-order chi connectivity index (χ1) is 18.5. The van der Waals surface area contributed by atoms with Gasteiger partial charge in [-0.05, 0) is 56.0 Å². The molecule has 8 heteroatoms. The van der Waals surface area contributed by atoms with E-state index in [9.17, 15) is 18.0 Å². The molecule has 0 heterocycles. The standard InChI is InChI=1S/C31H39N3O4S/c1-6-29(31(36)32-20-23(2)3)33(21-26-12-10-11-25(5)19-26)30(35)22-34(27-13-8-7-9-14-27)39(37,38)28-17-15-24(4)16-18-28/h7-19,23,29H,6,20-22H2,1-5H3,(H,32,36)/t29-/m1/s1. The number of carbonyl (C=O) groups is 2. The predicted molar refractivity (Wildman–Crippen MR) is 156 cm³/mol. The monoisotopic (exact) mass is 549 g/mol. The summed E-state index contributed by atoms with van der Waals surface area (Å²) in [5.41, 5.74) is 3.20. The van der Waals surface area contributed by atoms with E-state index >= 15 is 0 Å². The summed E-state index contributed by atoms with van der Waals surface area (Å²) in [4.78, 5) is 28.9. The van der Waals surface area contributed by atoms with Crippen LogP contribution < -0.4 is 9.62 Å². The van der Waals surface area contributed by atoms with E-state index in [-0.39, 0.29) is 23.3 Å². The van der Waals surface area contributed by atoms with Crippen LogP contribution in [0.4, 0.5) is 5.69 Å². The number of nitrogens with zero attached hydrogens (tertiary/aromatic N) is 2. The van der Waals surface area contributed by atoms with Gasteiger partial charge in [-0.1, -0.05) is 86.5 Å². The highest BCUT2D eigenvalue weighted by Gasteiger charge is 2.33. The van der Waals surface area contributed by atoms with Crippen LogP contribution in [0.3, 0.4) is 0 Å². The average Bonchev–Trinajstić information content (AvgIpc) is 2.91. The SMILES string of the molecule is CC[C@H](C(=O)NCC(C)C)N(Cc1cccc(C)c1)C(=O)CN(c1ccccc1)S(=O)(=O)c1ccc(C)cc1. The van der Waals surface area contributed by atoms with Crippen molar-refractivity contribution in [2.75, 3.05) is 17.4 Å². The molecule has 0 aliphatic carbocycles. The molecule has 0 aliphatic rings. The molecule has 0 radical (unpaired) electrons. The van der Waals surface area contributed by atoms with Crippen LogP contribution in [-0.4, -0.2) is 44.3 Å². The van der Waals surface area contributed by atoms with Gasteiger partial charge in [0.15, 0.2) is 0 Å². The zero-order chi connectivity index (χ0) is 28.6. The molecule has 1 N–H and O–H groups in total. The van der Waals surface area contributed by atoms with Gasteiger partial charge in [-0.3, -0.25) is 13.9 Å². The molecule has 0 saturated heterocycles. The first-order valence-electron chi connectivity index (χ1n) is 13.3. The summed E-state index contributed by atoms with van der Waals surface area (Å²) in [7, 11) is -4.07. The van der Waals surface area contributed by atoms with Gasteiger partial charge < -0.3 is 10.2 Å². The lowest BCUT2D eigenvalue weighted by atomic mass is 10.1. The lowest BCUT2D eigenvalue weighted by Gasteiger charge is -2.33. The van der Waals surface area contributed by atoms with Crippen LogP contribution in [0.2, 0.25) is 0 Å². The highest BCUT2D eigenvalue weighted by Crippen LogP contribution is 2.25. The van der Waals surface area contributed by atoms with Gasteiger partial charge in [-0.15, -0.1) is 0 Å². The van der Waals surface area contributed by atoms with Gasteiger partial charge in [0, 0.05) is 13.1 Å². The highest BCUT2D eigenvalue weighted by atomic mass is 32.2. The first kappa shape index (κ1) is 29.9. The van der Waals surface area contributed by atoms with Crippen LogP contribution in [0, 0.1) is 19.8 Å². The van der Waals surface area contributed by atoms with Crippen molar-refractivity contribution < 1.29 is 18.0 Å². The van der Waals surface area contributed by atoms with Crippen molar-refractivity contribution in [3.63, 3.8) is 0 Å². The second-order valence-corrected chi connectivity index (χ2v) is 12.1. The van der Waals surface area contributed by atoms with Gasteiger partial charge in [-0.2, -0.15) is 0 Å². The molecule has 3 aromatic carbocycles. The van der Waals surface area contributed by atoms with Gasteiger partial charge in [0.25, 0.3) is 10.0 Å². The lowest BCUT2D eigenvalue weighted by Crippen LogP contribution is -2.52. The molecule has 3 rings (SSSR count). The van der Waals surface area contributed by atoms with Crippen molar-refractivity contribution in [1.29, 1.82) is 0 Å². The Kier molecular flexibility index (Phi) is 10.3. The average molecular weight is 550 g/mol. The van der Waals surface area contributed by atoms with Crippen molar-refractivity contribution in [1.82, 2.24) is 10.2 Å². The largest absolute Gasteiger partial charge is 0.354 e. The summed E-state index contributed by atoms with van der Waals surface area (Å²) in [5.74, 6) is -0.456. The fraction of sp³-hybridized carbons (Fsp3) is 0.355. The maximum absolute atomic E-state index is 14.0. The molecule has 1 atom stereocenters. The molecule has 2 amide bonds. The summed E-state index contributed by atoms with van der Waals surface area (Å²) in [6.45, 7) is 9.94. The second-order valence-electron chi connectivity index (χ2n) is 10.2. The Hall–Kier alpha value is -3.65. The Morgan fingerprint density at radius 1 is 0.872 bits per heavy atom. The molecule has 0 aromatic heterocycles. The summed E-state index contributed by atoms with van der Waals surface area (Å²) in [5, 5.41) is 2.95. The van der Waals surface area contributed by atoms with Gasteiger partial charge in [0.05, 0.1) is 10.6 Å².